The first kappa shape index (κ1) is 11.3. The van der Waals surface area contributed by atoms with E-state index in [-0.39, 0.29) is 0 Å². The van der Waals surface area contributed by atoms with Crippen LogP contribution in [0.2, 0.25) is 0 Å². The van der Waals surface area contributed by atoms with Crippen molar-refractivity contribution >= 4 is 0 Å². The molecule has 0 heterocycles. The third kappa shape index (κ3) is 1.98. The first-order chi connectivity index (χ1) is 6.37. The smallest absolute Gasteiger partial charge is 0.0894 e. The molecule has 0 aliphatic heterocycles. The Bertz CT molecular complexity index is 298. The topological polar surface area (TPSA) is 20.2 Å². The third-order valence-electron chi connectivity index (χ3n) is 3.24. The van der Waals surface area contributed by atoms with Crippen LogP contribution in [0, 0.1) is 5.92 Å². The SMILES string of the molecule is C=C(C)C1CC(O)(C(=C)C)CC=C1C. The normalized spacial score (nSPS) is 32.3. The summed E-state index contributed by atoms with van der Waals surface area (Å²) in [5, 5.41) is 10.3. The zero-order valence-corrected chi connectivity index (χ0v) is 9.43. The van der Waals surface area contributed by atoms with E-state index in [1.54, 1.807) is 0 Å². The molecule has 0 saturated carbocycles. The highest BCUT2D eigenvalue weighted by Crippen LogP contribution is 2.38. The van der Waals surface area contributed by atoms with E-state index in [9.17, 15) is 5.11 Å². The Morgan fingerprint density at radius 1 is 1.50 bits per heavy atom. The molecule has 14 heavy (non-hydrogen) atoms. The molecule has 0 aromatic heterocycles. The van der Waals surface area contributed by atoms with E-state index in [2.05, 4.69) is 26.2 Å². The van der Waals surface area contributed by atoms with Crippen molar-refractivity contribution in [1.29, 1.82) is 0 Å². The van der Waals surface area contributed by atoms with E-state index in [4.69, 9.17) is 0 Å². The van der Waals surface area contributed by atoms with Crippen LogP contribution < -0.4 is 0 Å². The molecular weight excluding hydrogens is 172 g/mol. The quantitative estimate of drug-likeness (QED) is 0.666. The third-order valence-corrected chi connectivity index (χ3v) is 3.24. The van der Waals surface area contributed by atoms with Crippen molar-refractivity contribution in [2.45, 2.75) is 39.2 Å². The molecule has 1 aliphatic carbocycles. The number of hydrogen-bond donors (Lipinski definition) is 1. The van der Waals surface area contributed by atoms with Crippen molar-refractivity contribution in [1.82, 2.24) is 0 Å². The van der Waals surface area contributed by atoms with Gasteiger partial charge in [-0.3, -0.25) is 0 Å². The first-order valence-corrected chi connectivity index (χ1v) is 5.07. The molecule has 1 heteroatoms. The Morgan fingerprint density at radius 2 is 2.07 bits per heavy atom. The van der Waals surface area contributed by atoms with Crippen LogP contribution >= 0.6 is 0 Å². The van der Waals surface area contributed by atoms with Crippen molar-refractivity contribution in [3.8, 4) is 0 Å². The summed E-state index contributed by atoms with van der Waals surface area (Å²) in [5.74, 6) is 0.311. The molecule has 1 aliphatic rings. The van der Waals surface area contributed by atoms with Crippen LogP contribution in [0.4, 0.5) is 0 Å². The first-order valence-electron chi connectivity index (χ1n) is 5.07. The lowest BCUT2D eigenvalue weighted by atomic mass is 9.73. The second-order valence-electron chi connectivity index (χ2n) is 4.57. The van der Waals surface area contributed by atoms with Gasteiger partial charge >= 0.3 is 0 Å². The fourth-order valence-corrected chi connectivity index (χ4v) is 1.97. The maximum absolute atomic E-state index is 10.3. The minimum absolute atomic E-state index is 0.311. The highest BCUT2D eigenvalue weighted by Gasteiger charge is 2.34. The van der Waals surface area contributed by atoms with Crippen LogP contribution in [-0.2, 0) is 0 Å². The van der Waals surface area contributed by atoms with Crippen LogP contribution in [0.25, 0.3) is 0 Å². The number of allylic oxidation sites excluding steroid dienone is 2. The number of aliphatic hydroxyl groups is 1. The van der Waals surface area contributed by atoms with Gasteiger partial charge in [0.25, 0.3) is 0 Å². The summed E-state index contributed by atoms with van der Waals surface area (Å²) in [7, 11) is 0. The van der Waals surface area contributed by atoms with Gasteiger partial charge in [0, 0.05) is 5.92 Å². The summed E-state index contributed by atoms with van der Waals surface area (Å²) >= 11 is 0. The van der Waals surface area contributed by atoms with Crippen LogP contribution in [0.15, 0.2) is 36.0 Å². The summed E-state index contributed by atoms with van der Waals surface area (Å²) in [6, 6.07) is 0. The lowest BCUT2D eigenvalue weighted by molar-refractivity contribution is 0.0572. The maximum atomic E-state index is 10.3. The fraction of sp³-hybridized carbons (Fsp3) is 0.538. The molecule has 1 N–H and O–H groups in total. The molecule has 1 nitrogen and oxygen atoms in total. The van der Waals surface area contributed by atoms with Gasteiger partial charge in [0.15, 0.2) is 0 Å². The number of rotatable bonds is 2. The maximum Gasteiger partial charge on any atom is 0.0894 e. The van der Waals surface area contributed by atoms with Crippen LogP contribution in [0.3, 0.4) is 0 Å². The predicted molar refractivity (Wildman–Crippen MR) is 61.1 cm³/mol. The summed E-state index contributed by atoms with van der Waals surface area (Å²) in [6.45, 7) is 13.9. The van der Waals surface area contributed by atoms with Gasteiger partial charge in [0.2, 0.25) is 0 Å². The molecule has 0 bridgehead atoms. The van der Waals surface area contributed by atoms with E-state index in [1.165, 1.54) is 5.57 Å². The second kappa shape index (κ2) is 3.74. The minimum Gasteiger partial charge on any atom is -0.385 e. The Morgan fingerprint density at radius 3 is 2.50 bits per heavy atom. The van der Waals surface area contributed by atoms with Gasteiger partial charge in [0.05, 0.1) is 5.60 Å². The van der Waals surface area contributed by atoms with Crippen molar-refractivity contribution in [2.24, 2.45) is 5.92 Å². The number of hydrogen-bond acceptors (Lipinski definition) is 1. The van der Waals surface area contributed by atoms with E-state index in [0.29, 0.717) is 12.3 Å². The molecule has 2 atom stereocenters. The molecule has 0 saturated heterocycles. The average molecular weight is 192 g/mol. The van der Waals surface area contributed by atoms with Gasteiger partial charge < -0.3 is 5.11 Å². The summed E-state index contributed by atoms with van der Waals surface area (Å²) in [4.78, 5) is 0. The minimum atomic E-state index is -0.719. The monoisotopic (exact) mass is 192 g/mol. The Kier molecular flexibility index (Phi) is 3.01. The molecule has 0 aromatic carbocycles. The van der Waals surface area contributed by atoms with E-state index < -0.39 is 5.60 Å². The predicted octanol–water partition coefficient (Wildman–Crippen LogP) is 3.23. The average Bonchev–Trinajstić information content (AvgIpc) is 2.09. The molecule has 1 rings (SSSR count). The van der Waals surface area contributed by atoms with Crippen LogP contribution in [0.5, 0.6) is 0 Å². The largest absolute Gasteiger partial charge is 0.385 e. The van der Waals surface area contributed by atoms with Crippen molar-refractivity contribution in [3.05, 3.63) is 36.0 Å². The highest BCUT2D eigenvalue weighted by atomic mass is 16.3. The zero-order chi connectivity index (χ0) is 10.9. The summed E-state index contributed by atoms with van der Waals surface area (Å²) in [6.07, 6.45) is 3.54. The summed E-state index contributed by atoms with van der Waals surface area (Å²) < 4.78 is 0. The van der Waals surface area contributed by atoms with Gasteiger partial charge in [-0.05, 0) is 39.2 Å². The molecule has 0 spiro atoms. The van der Waals surface area contributed by atoms with E-state index in [0.717, 1.165) is 17.6 Å². The van der Waals surface area contributed by atoms with Gasteiger partial charge in [0.1, 0.15) is 0 Å². The molecule has 2 unspecified atom stereocenters. The fourth-order valence-electron chi connectivity index (χ4n) is 1.97. The standard InChI is InChI=1S/C13H20O/c1-9(2)12-8-13(14,10(3)4)7-6-11(12)5/h6,12,14H,1,3,7-8H2,2,4-5H3. The second-order valence-corrected chi connectivity index (χ2v) is 4.57. The zero-order valence-electron chi connectivity index (χ0n) is 9.43. The molecule has 0 aromatic rings. The van der Waals surface area contributed by atoms with Crippen molar-refractivity contribution in [2.75, 3.05) is 0 Å². The Balaban J connectivity index is 2.94. The summed E-state index contributed by atoms with van der Waals surface area (Å²) in [5.41, 5.74) is 2.58. The Hall–Kier alpha value is -0.820. The lowest BCUT2D eigenvalue weighted by Gasteiger charge is -2.36. The molecular formula is C13H20O. The molecule has 0 amide bonds. The molecule has 0 fully saturated rings. The van der Waals surface area contributed by atoms with Gasteiger partial charge in [-0.25, -0.2) is 0 Å². The van der Waals surface area contributed by atoms with Gasteiger partial charge in [-0.2, -0.15) is 0 Å². The van der Waals surface area contributed by atoms with E-state index in [1.807, 2.05) is 13.8 Å². The van der Waals surface area contributed by atoms with Crippen LogP contribution in [-0.4, -0.2) is 10.7 Å². The van der Waals surface area contributed by atoms with E-state index >= 15 is 0 Å². The molecule has 0 radical (unpaired) electrons. The molecule has 78 valence electrons. The van der Waals surface area contributed by atoms with Crippen LogP contribution in [0.1, 0.15) is 33.6 Å². The lowest BCUT2D eigenvalue weighted by Crippen LogP contribution is -2.35. The van der Waals surface area contributed by atoms with Crippen molar-refractivity contribution < 1.29 is 5.11 Å². The highest BCUT2D eigenvalue weighted by molar-refractivity contribution is 5.26. The van der Waals surface area contributed by atoms with Gasteiger partial charge in [-0.1, -0.05) is 30.4 Å². The Labute approximate surface area is 86.8 Å². The van der Waals surface area contributed by atoms with Gasteiger partial charge in [-0.15, -0.1) is 0 Å². The van der Waals surface area contributed by atoms with Crippen molar-refractivity contribution in [3.63, 3.8) is 0 Å².